The Hall–Kier alpha value is -0.910. The molecule has 0 heterocycles. The molecule has 2 nitrogen and oxygen atoms in total. The van der Waals surface area contributed by atoms with Crippen molar-refractivity contribution in [1.82, 2.24) is 5.32 Å². The molecular weight excluding hydrogens is 195 g/mol. The van der Waals surface area contributed by atoms with Crippen LogP contribution in [0.1, 0.15) is 5.56 Å². The van der Waals surface area contributed by atoms with E-state index in [1.54, 1.807) is 18.2 Å². The summed E-state index contributed by atoms with van der Waals surface area (Å²) in [5.41, 5.74) is 0.864. The molecule has 0 unspecified atom stereocenters. The smallest absolute Gasteiger partial charge is 0.176 e. The van der Waals surface area contributed by atoms with E-state index >= 15 is 0 Å². The molecule has 0 aliphatic carbocycles. The topological polar surface area (TPSA) is 35.8 Å². The second-order valence-corrected chi connectivity index (χ2v) is 3.04. The largest absolute Gasteiger partial charge is 0.319 e. The third-order valence-corrected chi connectivity index (χ3v) is 1.96. The Labute approximate surface area is 80.7 Å². The molecule has 1 rings (SSSR count). The van der Waals surface area contributed by atoms with Crippen LogP contribution in [0.25, 0.3) is 0 Å². The van der Waals surface area contributed by atoms with Crippen molar-refractivity contribution in [1.29, 1.82) is 5.26 Å². The third-order valence-electron chi connectivity index (χ3n) is 1.37. The summed E-state index contributed by atoms with van der Waals surface area (Å²) in [6, 6.07) is 5.17. The second kappa shape index (κ2) is 4.20. The van der Waals surface area contributed by atoms with Crippen molar-refractivity contribution in [2.45, 2.75) is 6.54 Å². The summed E-state index contributed by atoms with van der Waals surface area (Å²) in [6.07, 6.45) is 1.82. The van der Waals surface area contributed by atoms with Crippen molar-refractivity contribution < 1.29 is 0 Å². The molecule has 4 heteroatoms. The van der Waals surface area contributed by atoms with Crippen molar-refractivity contribution in [2.24, 2.45) is 0 Å². The highest BCUT2D eigenvalue weighted by molar-refractivity contribution is 6.35. The summed E-state index contributed by atoms with van der Waals surface area (Å²) in [7, 11) is 0. The number of rotatable bonds is 2. The van der Waals surface area contributed by atoms with E-state index in [0.29, 0.717) is 16.6 Å². The predicted octanol–water partition coefficient (Wildman–Crippen LogP) is 2.56. The summed E-state index contributed by atoms with van der Waals surface area (Å²) >= 11 is 11.5. The van der Waals surface area contributed by atoms with E-state index in [2.05, 4.69) is 5.32 Å². The van der Waals surface area contributed by atoms with Crippen LogP contribution in [0.5, 0.6) is 0 Å². The van der Waals surface area contributed by atoms with Crippen LogP contribution in [-0.2, 0) is 6.54 Å². The lowest BCUT2D eigenvalue weighted by Crippen LogP contribution is -2.04. The molecule has 0 aliphatic rings. The minimum absolute atomic E-state index is 0.437. The summed E-state index contributed by atoms with van der Waals surface area (Å²) in [4.78, 5) is 0. The zero-order chi connectivity index (χ0) is 8.97. The van der Waals surface area contributed by atoms with Crippen LogP contribution in [0.3, 0.4) is 0 Å². The van der Waals surface area contributed by atoms with Gasteiger partial charge in [-0.1, -0.05) is 29.3 Å². The van der Waals surface area contributed by atoms with Crippen molar-refractivity contribution in [3.8, 4) is 6.19 Å². The average molecular weight is 201 g/mol. The summed E-state index contributed by atoms with van der Waals surface area (Å²) in [6.45, 7) is 0.437. The Bertz CT molecular complexity index is 317. The first-order chi connectivity index (χ1) is 5.74. The van der Waals surface area contributed by atoms with Gasteiger partial charge in [0.2, 0.25) is 0 Å². The summed E-state index contributed by atoms with van der Waals surface area (Å²) < 4.78 is 0. The Morgan fingerprint density at radius 2 is 2.17 bits per heavy atom. The van der Waals surface area contributed by atoms with Crippen LogP contribution in [0.2, 0.25) is 10.0 Å². The summed E-state index contributed by atoms with van der Waals surface area (Å²) in [5.74, 6) is 0. The molecule has 62 valence electrons. The van der Waals surface area contributed by atoms with Crippen LogP contribution in [0.4, 0.5) is 0 Å². The molecule has 0 aliphatic heterocycles. The fraction of sp³-hybridized carbons (Fsp3) is 0.125. The van der Waals surface area contributed by atoms with E-state index < -0.39 is 0 Å². The van der Waals surface area contributed by atoms with Gasteiger partial charge in [-0.05, 0) is 17.7 Å². The molecule has 0 radical (unpaired) electrons. The molecule has 1 aromatic carbocycles. The maximum Gasteiger partial charge on any atom is 0.176 e. The normalized spacial score (nSPS) is 9.08. The lowest BCUT2D eigenvalue weighted by molar-refractivity contribution is 0.884. The van der Waals surface area contributed by atoms with E-state index in [1.165, 1.54) is 0 Å². The Morgan fingerprint density at radius 3 is 2.75 bits per heavy atom. The van der Waals surface area contributed by atoms with E-state index in [0.717, 1.165) is 5.56 Å². The molecule has 1 aromatic rings. The molecule has 0 atom stereocenters. The quantitative estimate of drug-likeness (QED) is 0.589. The molecule has 0 saturated carbocycles. The van der Waals surface area contributed by atoms with E-state index in [1.807, 2.05) is 6.19 Å². The predicted molar refractivity (Wildman–Crippen MR) is 48.9 cm³/mol. The zero-order valence-electron chi connectivity index (χ0n) is 6.14. The molecular formula is C8H6Cl2N2. The van der Waals surface area contributed by atoms with Gasteiger partial charge in [-0.2, -0.15) is 5.26 Å². The molecule has 0 bridgehead atoms. The molecule has 0 spiro atoms. The number of hydrogen-bond donors (Lipinski definition) is 1. The van der Waals surface area contributed by atoms with E-state index in [4.69, 9.17) is 28.5 Å². The Kier molecular flexibility index (Phi) is 3.21. The van der Waals surface area contributed by atoms with Crippen molar-refractivity contribution >= 4 is 23.2 Å². The van der Waals surface area contributed by atoms with Crippen molar-refractivity contribution in [2.75, 3.05) is 0 Å². The number of hydrogen-bond acceptors (Lipinski definition) is 2. The highest BCUT2D eigenvalue weighted by Gasteiger charge is 1.99. The van der Waals surface area contributed by atoms with Crippen LogP contribution in [0, 0.1) is 11.5 Å². The fourth-order valence-corrected chi connectivity index (χ4v) is 1.28. The van der Waals surface area contributed by atoms with E-state index in [9.17, 15) is 0 Å². The average Bonchev–Trinajstić information content (AvgIpc) is 2.03. The number of nitrogens with zero attached hydrogens (tertiary/aromatic N) is 1. The Morgan fingerprint density at radius 1 is 1.42 bits per heavy atom. The monoisotopic (exact) mass is 200 g/mol. The highest BCUT2D eigenvalue weighted by atomic mass is 35.5. The molecule has 1 N–H and O–H groups in total. The molecule has 12 heavy (non-hydrogen) atoms. The fourth-order valence-electron chi connectivity index (χ4n) is 0.800. The first kappa shape index (κ1) is 9.18. The minimum atomic E-state index is 0.437. The molecule has 0 saturated heterocycles. The zero-order valence-corrected chi connectivity index (χ0v) is 7.65. The van der Waals surface area contributed by atoms with Crippen LogP contribution in [0.15, 0.2) is 18.2 Å². The maximum absolute atomic E-state index is 8.24. The summed E-state index contributed by atoms with van der Waals surface area (Å²) in [5, 5.41) is 11.9. The minimum Gasteiger partial charge on any atom is -0.319 e. The number of benzene rings is 1. The van der Waals surface area contributed by atoms with Crippen LogP contribution >= 0.6 is 23.2 Å². The standard InChI is InChI=1S/C8H6Cl2N2/c9-7-2-1-6(4-12-5-11)8(10)3-7/h1-3,12H,4H2. The van der Waals surface area contributed by atoms with Gasteiger partial charge in [0.1, 0.15) is 0 Å². The van der Waals surface area contributed by atoms with Crippen molar-refractivity contribution in [3.05, 3.63) is 33.8 Å². The first-order valence-electron chi connectivity index (χ1n) is 3.30. The highest BCUT2D eigenvalue weighted by Crippen LogP contribution is 2.20. The van der Waals surface area contributed by atoms with Gasteiger partial charge in [0.25, 0.3) is 0 Å². The van der Waals surface area contributed by atoms with Gasteiger partial charge in [-0.25, -0.2) is 0 Å². The SMILES string of the molecule is N#CNCc1ccc(Cl)cc1Cl. The van der Waals surface area contributed by atoms with E-state index in [-0.39, 0.29) is 0 Å². The van der Waals surface area contributed by atoms with Gasteiger partial charge in [0.15, 0.2) is 6.19 Å². The first-order valence-corrected chi connectivity index (χ1v) is 4.05. The number of nitriles is 1. The molecule has 0 amide bonds. The number of nitrogens with one attached hydrogen (secondary N) is 1. The molecule has 0 aromatic heterocycles. The van der Waals surface area contributed by atoms with Gasteiger partial charge >= 0.3 is 0 Å². The number of halogens is 2. The maximum atomic E-state index is 8.24. The lowest BCUT2D eigenvalue weighted by atomic mass is 10.2. The van der Waals surface area contributed by atoms with Crippen LogP contribution < -0.4 is 5.32 Å². The van der Waals surface area contributed by atoms with Gasteiger partial charge in [-0.15, -0.1) is 0 Å². The second-order valence-electron chi connectivity index (χ2n) is 2.20. The van der Waals surface area contributed by atoms with Crippen molar-refractivity contribution in [3.63, 3.8) is 0 Å². The molecule has 0 fully saturated rings. The third kappa shape index (κ3) is 2.30. The van der Waals surface area contributed by atoms with Gasteiger partial charge in [-0.3, -0.25) is 0 Å². The Balaban J connectivity index is 2.81. The van der Waals surface area contributed by atoms with Gasteiger partial charge in [0.05, 0.1) is 6.54 Å². The van der Waals surface area contributed by atoms with Crippen LogP contribution in [-0.4, -0.2) is 0 Å². The van der Waals surface area contributed by atoms with Gasteiger partial charge < -0.3 is 5.32 Å². The van der Waals surface area contributed by atoms with Gasteiger partial charge in [0, 0.05) is 10.0 Å². The lowest BCUT2D eigenvalue weighted by Gasteiger charge is -2.01.